The minimum atomic E-state index is -0.324. The number of nitrogens with one attached hydrogen (secondary N) is 2. The molecule has 1 atom stereocenters. The fourth-order valence-corrected chi connectivity index (χ4v) is 3.09. The molecule has 2 aromatic rings. The molecule has 0 bridgehead atoms. The molecular weight excluding hydrogens is 354 g/mol. The molecule has 1 fully saturated rings. The Hall–Kier alpha value is -2.73. The van der Waals surface area contributed by atoms with E-state index in [-0.39, 0.29) is 24.4 Å². The van der Waals surface area contributed by atoms with Gasteiger partial charge in [-0.2, -0.15) is 0 Å². The van der Waals surface area contributed by atoms with Crippen LogP contribution in [0.3, 0.4) is 0 Å². The highest BCUT2D eigenvalue weighted by atomic mass is 35.5. The van der Waals surface area contributed by atoms with E-state index in [1.54, 1.807) is 24.1 Å². The normalized spacial score (nSPS) is 16.5. The topological polar surface area (TPSA) is 70.7 Å². The molecule has 0 aliphatic carbocycles. The Labute approximate surface area is 157 Å². The lowest BCUT2D eigenvalue weighted by atomic mass is 10.2. The zero-order valence-corrected chi connectivity index (χ0v) is 15.1. The Bertz CT molecular complexity index is 812. The monoisotopic (exact) mass is 373 g/mol. The molecule has 1 aliphatic rings. The van der Waals surface area contributed by atoms with E-state index in [1.807, 2.05) is 36.4 Å². The summed E-state index contributed by atoms with van der Waals surface area (Å²) in [6, 6.07) is 14.1. The van der Waals surface area contributed by atoms with Crippen LogP contribution in [0.1, 0.15) is 12.0 Å². The van der Waals surface area contributed by atoms with Gasteiger partial charge in [-0.15, -0.1) is 0 Å². The quantitative estimate of drug-likeness (QED) is 0.846. The van der Waals surface area contributed by atoms with Crippen molar-refractivity contribution < 1.29 is 14.3 Å². The Morgan fingerprint density at radius 3 is 2.85 bits per heavy atom. The maximum absolute atomic E-state index is 12.3. The summed E-state index contributed by atoms with van der Waals surface area (Å²) in [5.74, 6) is 0.652. The van der Waals surface area contributed by atoms with Gasteiger partial charge in [-0.25, -0.2) is 4.79 Å². The molecule has 1 aliphatic heterocycles. The largest absolute Gasteiger partial charge is 0.497 e. The molecule has 3 amide bonds. The summed E-state index contributed by atoms with van der Waals surface area (Å²) in [5, 5.41) is 6.22. The van der Waals surface area contributed by atoms with E-state index in [4.69, 9.17) is 16.3 Å². The highest BCUT2D eigenvalue weighted by molar-refractivity contribution is 6.31. The summed E-state index contributed by atoms with van der Waals surface area (Å²) in [6.45, 7) is 0.747. The van der Waals surface area contributed by atoms with Crippen molar-refractivity contribution in [2.45, 2.75) is 19.0 Å². The van der Waals surface area contributed by atoms with Gasteiger partial charge in [-0.05, 0) is 23.8 Å². The molecule has 26 heavy (non-hydrogen) atoms. The van der Waals surface area contributed by atoms with Gasteiger partial charge >= 0.3 is 6.03 Å². The average molecular weight is 374 g/mol. The van der Waals surface area contributed by atoms with Gasteiger partial charge < -0.3 is 20.3 Å². The van der Waals surface area contributed by atoms with Gasteiger partial charge in [0.25, 0.3) is 0 Å². The van der Waals surface area contributed by atoms with Crippen LogP contribution in [0.25, 0.3) is 0 Å². The van der Waals surface area contributed by atoms with E-state index < -0.39 is 0 Å². The van der Waals surface area contributed by atoms with Gasteiger partial charge in [0, 0.05) is 36.3 Å². The Balaban J connectivity index is 1.55. The number of benzene rings is 2. The predicted octanol–water partition coefficient (Wildman–Crippen LogP) is 2.95. The molecule has 2 N–H and O–H groups in total. The van der Waals surface area contributed by atoms with E-state index >= 15 is 0 Å². The number of hydrogen-bond donors (Lipinski definition) is 2. The van der Waals surface area contributed by atoms with E-state index in [2.05, 4.69) is 10.6 Å². The van der Waals surface area contributed by atoms with Gasteiger partial charge in [-0.1, -0.05) is 35.9 Å². The van der Waals surface area contributed by atoms with E-state index in [0.717, 1.165) is 11.3 Å². The van der Waals surface area contributed by atoms with E-state index in [0.29, 0.717) is 23.9 Å². The molecule has 136 valence electrons. The predicted molar refractivity (Wildman–Crippen MR) is 101 cm³/mol. The van der Waals surface area contributed by atoms with Gasteiger partial charge in [0.2, 0.25) is 5.91 Å². The number of halogens is 1. The standard InChI is InChI=1S/C19H20ClN3O3/c1-26-16-7-4-6-15(10-16)23-12-14(9-18(23)24)22-19(25)21-11-13-5-2-3-8-17(13)20/h2-8,10,14H,9,11-12H2,1H3,(H2,21,22,25)/t14-/m0/s1. The lowest BCUT2D eigenvalue weighted by Gasteiger charge is -2.18. The van der Waals surface area contributed by atoms with Gasteiger partial charge in [0.05, 0.1) is 13.2 Å². The first-order valence-electron chi connectivity index (χ1n) is 8.29. The molecule has 0 spiro atoms. The van der Waals surface area contributed by atoms with Crippen molar-refractivity contribution in [1.82, 2.24) is 10.6 Å². The molecular formula is C19H20ClN3O3. The van der Waals surface area contributed by atoms with Crippen LogP contribution in [0.15, 0.2) is 48.5 Å². The minimum absolute atomic E-state index is 0.0327. The number of rotatable bonds is 5. The summed E-state index contributed by atoms with van der Waals surface area (Å²) in [7, 11) is 1.58. The van der Waals surface area contributed by atoms with Gasteiger partial charge in [0.15, 0.2) is 0 Å². The molecule has 3 rings (SSSR count). The van der Waals surface area contributed by atoms with Crippen LogP contribution < -0.4 is 20.3 Å². The zero-order valence-electron chi connectivity index (χ0n) is 14.4. The average Bonchev–Trinajstić information content (AvgIpc) is 3.01. The van der Waals surface area contributed by atoms with Crippen LogP contribution >= 0.6 is 11.6 Å². The summed E-state index contributed by atoms with van der Waals surface area (Å²) >= 11 is 6.08. The van der Waals surface area contributed by atoms with Crippen molar-refractivity contribution in [3.8, 4) is 5.75 Å². The minimum Gasteiger partial charge on any atom is -0.497 e. The smallest absolute Gasteiger partial charge is 0.315 e. The highest BCUT2D eigenvalue weighted by Gasteiger charge is 2.31. The van der Waals surface area contributed by atoms with Crippen LogP contribution in [0.4, 0.5) is 10.5 Å². The zero-order chi connectivity index (χ0) is 18.5. The van der Waals surface area contributed by atoms with Crippen molar-refractivity contribution in [2.24, 2.45) is 0 Å². The number of ether oxygens (including phenoxy) is 1. The summed E-state index contributed by atoms with van der Waals surface area (Å²) < 4.78 is 5.20. The Morgan fingerprint density at radius 1 is 1.27 bits per heavy atom. The highest BCUT2D eigenvalue weighted by Crippen LogP contribution is 2.25. The lowest BCUT2D eigenvalue weighted by Crippen LogP contribution is -2.43. The fourth-order valence-electron chi connectivity index (χ4n) is 2.89. The van der Waals surface area contributed by atoms with Crippen molar-refractivity contribution in [3.05, 3.63) is 59.1 Å². The first-order valence-corrected chi connectivity index (χ1v) is 8.67. The molecule has 0 unspecified atom stereocenters. The number of hydrogen-bond acceptors (Lipinski definition) is 3. The molecule has 7 heteroatoms. The van der Waals surface area contributed by atoms with E-state index in [9.17, 15) is 9.59 Å². The van der Waals surface area contributed by atoms with E-state index in [1.165, 1.54) is 0 Å². The van der Waals surface area contributed by atoms with Crippen molar-refractivity contribution in [2.75, 3.05) is 18.6 Å². The number of nitrogens with zero attached hydrogens (tertiary/aromatic N) is 1. The molecule has 0 saturated carbocycles. The first kappa shape index (κ1) is 18.1. The molecule has 0 radical (unpaired) electrons. The van der Waals surface area contributed by atoms with Crippen molar-refractivity contribution in [3.63, 3.8) is 0 Å². The summed E-state index contributed by atoms with van der Waals surface area (Å²) in [4.78, 5) is 26.1. The van der Waals surface area contributed by atoms with Gasteiger partial charge in [0.1, 0.15) is 5.75 Å². The summed E-state index contributed by atoms with van der Waals surface area (Å²) in [6.07, 6.45) is 0.261. The number of anilines is 1. The third-order valence-corrected chi connectivity index (χ3v) is 4.59. The van der Waals surface area contributed by atoms with Crippen LogP contribution in [0.2, 0.25) is 5.02 Å². The second-order valence-corrected chi connectivity index (χ2v) is 6.43. The van der Waals surface area contributed by atoms with Gasteiger partial charge in [-0.3, -0.25) is 4.79 Å². The van der Waals surface area contributed by atoms with Crippen molar-refractivity contribution >= 4 is 29.2 Å². The van der Waals surface area contributed by atoms with Crippen LogP contribution in [-0.4, -0.2) is 31.6 Å². The number of urea groups is 1. The molecule has 0 aromatic heterocycles. The number of carbonyl (C=O) groups excluding carboxylic acids is 2. The van der Waals surface area contributed by atoms with Crippen LogP contribution in [0, 0.1) is 0 Å². The third kappa shape index (κ3) is 4.26. The summed E-state index contributed by atoms with van der Waals surface area (Å²) in [5.41, 5.74) is 1.60. The maximum atomic E-state index is 12.3. The number of amides is 3. The SMILES string of the molecule is COc1cccc(N2C[C@@H](NC(=O)NCc3ccccc3Cl)CC2=O)c1. The second kappa shape index (κ2) is 8.10. The number of carbonyl (C=O) groups is 2. The lowest BCUT2D eigenvalue weighted by molar-refractivity contribution is -0.117. The second-order valence-electron chi connectivity index (χ2n) is 6.03. The molecule has 2 aromatic carbocycles. The first-order chi connectivity index (χ1) is 12.6. The van der Waals surface area contributed by atoms with Crippen molar-refractivity contribution in [1.29, 1.82) is 0 Å². The fraction of sp³-hybridized carbons (Fsp3) is 0.263. The maximum Gasteiger partial charge on any atom is 0.315 e. The third-order valence-electron chi connectivity index (χ3n) is 4.22. The molecule has 6 nitrogen and oxygen atoms in total. The van der Waals surface area contributed by atoms with Crippen LogP contribution in [-0.2, 0) is 11.3 Å². The molecule has 1 saturated heterocycles. The van der Waals surface area contributed by atoms with Crippen LogP contribution in [0.5, 0.6) is 5.75 Å². The number of methoxy groups -OCH3 is 1. The molecule has 1 heterocycles. The Morgan fingerprint density at radius 2 is 2.08 bits per heavy atom. The Kier molecular flexibility index (Phi) is 5.63.